The number of hydrogen-bond donors (Lipinski definition) is 3. The van der Waals surface area contributed by atoms with Gasteiger partial charge in [-0.3, -0.25) is 4.79 Å². The smallest absolute Gasteiger partial charge is 0.337 e. The molecule has 1 amide bonds. The molecule has 5 heteroatoms. The molecular formula is C22H21NO4. The number of amides is 1. The second kappa shape index (κ2) is 7.11. The van der Waals surface area contributed by atoms with Gasteiger partial charge >= 0.3 is 5.97 Å². The molecular weight excluding hydrogens is 342 g/mol. The van der Waals surface area contributed by atoms with E-state index < -0.39 is 11.4 Å². The Bertz CT molecular complexity index is 1020. The second-order valence-corrected chi connectivity index (χ2v) is 7.21. The minimum absolute atomic E-state index is 0.0640. The van der Waals surface area contributed by atoms with Gasteiger partial charge in [-0.25, -0.2) is 4.79 Å². The number of phenols is 1. The van der Waals surface area contributed by atoms with E-state index in [-0.39, 0.29) is 23.6 Å². The Morgan fingerprint density at radius 1 is 0.963 bits per heavy atom. The highest BCUT2D eigenvalue weighted by atomic mass is 16.4. The summed E-state index contributed by atoms with van der Waals surface area (Å²) < 4.78 is 0. The summed E-state index contributed by atoms with van der Waals surface area (Å²) in [7, 11) is 0. The Kier molecular flexibility index (Phi) is 4.86. The molecule has 0 unspecified atom stereocenters. The summed E-state index contributed by atoms with van der Waals surface area (Å²) in [6, 6.07) is 17.4. The van der Waals surface area contributed by atoms with Crippen LogP contribution in [-0.2, 0) is 10.2 Å². The van der Waals surface area contributed by atoms with Crippen LogP contribution in [0.4, 0.5) is 5.69 Å². The zero-order valence-electron chi connectivity index (χ0n) is 15.2. The number of benzene rings is 3. The fourth-order valence-electron chi connectivity index (χ4n) is 3.13. The molecule has 0 saturated heterocycles. The molecule has 3 rings (SSSR count). The van der Waals surface area contributed by atoms with E-state index in [4.69, 9.17) is 0 Å². The topological polar surface area (TPSA) is 86.6 Å². The largest absolute Gasteiger partial charge is 0.508 e. The lowest BCUT2D eigenvalue weighted by molar-refractivity contribution is -0.117. The van der Waals surface area contributed by atoms with Gasteiger partial charge in [0.05, 0.1) is 11.3 Å². The number of carboxylic acids is 1. The van der Waals surface area contributed by atoms with Crippen LogP contribution in [0.2, 0.25) is 0 Å². The molecule has 5 nitrogen and oxygen atoms in total. The Labute approximate surface area is 157 Å². The highest BCUT2D eigenvalue weighted by Gasteiger charge is 2.25. The van der Waals surface area contributed by atoms with Crippen LogP contribution in [0.25, 0.3) is 10.8 Å². The number of nitrogens with one attached hydrogen (secondary N) is 1. The fraction of sp³-hybridized carbons (Fsp3) is 0.182. The van der Waals surface area contributed by atoms with E-state index in [2.05, 4.69) is 5.32 Å². The van der Waals surface area contributed by atoms with Crippen LogP contribution >= 0.6 is 0 Å². The molecule has 3 N–H and O–H groups in total. The summed E-state index contributed by atoms with van der Waals surface area (Å²) in [4.78, 5) is 23.8. The standard InChI is InChI=1S/C22H21NO4/c1-22(2,16-9-7-15-12-17(24)10-8-14(15)11-16)13-20(25)23-19-6-4-3-5-18(19)21(26)27/h3-12,24H,13H2,1-2H3,(H,23,25)(H,26,27). The zero-order valence-corrected chi connectivity index (χ0v) is 15.2. The normalized spacial score (nSPS) is 11.3. The third-order valence-corrected chi connectivity index (χ3v) is 4.64. The average Bonchev–Trinajstić information content (AvgIpc) is 2.60. The number of para-hydroxylation sites is 1. The fourth-order valence-corrected chi connectivity index (χ4v) is 3.13. The third-order valence-electron chi connectivity index (χ3n) is 4.64. The van der Waals surface area contributed by atoms with E-state index in [0.717, 1.165) is 16.3 Å². The van der Waals surface area contributed by atoms with Crippen LogP contribution in [0, 0.1) is 0 Å². The third kappa shape index (κ3) is 4.08. The molecule has 0 saturated carbocycles. The number of fused-ring (bicyclic) bond motifs is 1. The summed E-state index contributed by atoms with van der Waals surface area (Å²) >= 11 is 0. The van der Waals surface area contributed by atoms with Crippen LogP contribution < -0.4 is 5.32 Å². The number of aromatic carboxylic acids is 1. The lowest BCUT2D eigenvalue weighted by Gasteiger charge is -2.25. The molecule has 0 aliphatic heterocycles. The van der Waals surface area contributed by atoms with E-state index in [1.165, 1.54) is 6.07 Å². The summed E-state index contributed by atoms with van der Waals surface area (Å²) in [6.45, 7) is 3.94. The van der Waals surface area contributed by atoms with Gasteiger partial charge in [-0.2, -0.15) is 0 Å². The molecule has 27 heavy (non-hydrogen) atoms. The molecule has 0 fully saturated rings. The van der Waals surface area contributed by atoms with E-state index in [1.807, 2.05) is 38.1 Å². The Balaban J connectivity index is 1.81. The van der Waals surface area contributed by atoms with E-state index in [9.17, 15) is 19.8 Å². The molecule has 0 aromatic heterocycles. The van der Waals surface area contributed by atoms with Crippen LogP contribution in [0.3, 0.4) is 0 Å². The van der Waals surface area contributed by atoms with Crippen molar-refractivity contribution in [2.24, 2.45) is 0 Å². The minimum atomic E-state index is -1.08. The predicted octanol–water partition coefficient (Wildman–Crippen LogP) is 4.55. The highest BCUT2D eigenvalue weighted by Crippen LogP contribution is 2.31. The Morgan fingerprint density at radius 3 is 2.37 bits per heavy atom. The number of rotatable bonds is 5. The quantitative estimate of drug-likeness (QED) is 0.621. The highest BCUT2D eigenvalue weighted by molar-refractivity contribution is 6.00. The number of carbonyl (C=O) groups is 2. The van der Waals surface area contributed by atoms with Crippen LogP contribution in [0.5, 0.6) is 5.75 Å². The maximum atomic E-state index is 12.5. The van der Waals surface area contributed by atoms with Gasteiger partial charge in [0.1, 0.15) is 5.75 Å². The zero-order chi connectivity index (χ0) is 19.6. The first-order valence-electron chi connectivity index (χ1n) is 8.62. The number of phenolic OH excluding ortho intramolecular Hbond substituents is 1. The van der Waals surface area contributed by atoms with Gasteiger partial charge in [-0.1, -0.05) is 50.2 Å². The number of carboxylic acid groups (broad SMARTS) is 1. The molecule has 0 aliphatic carbocycles. The van der Waals surface area contributed by atoms with Crippen molar-refractivity contribution in [3.63, 3.8) is 0 Å². The number of hydrogen-bond acceptors (Lipinski definition) is 3. The number of carbonyl (C=O) groups excluding carboxylic acids is 1. The second-order valence-electron chi connectivity index (χ2n) is 7.21. The Morgan fingerprint density at radius 2 is 1.63 bits per heavy atom. The van der Waals surface area contributed by atoms with Gasteiger partial charge in [-0.05, 0) is 46.0 Å². The molecule has 3 aromatic rings. The van der Waals surface area contributed by atoms with E-state index >= 15 is 0 Å². The van der Waals surface area contributed by atoms with Gasteiger partial charge in [0.25, 0.3) is 0 Å². The number of aromatic hydroxyl groups is 1. The summed E-state index contributed by atoms with van der Waals surface area (Å²) in [5.74, 6) is -1.12. The first-order valence-corrected chi connectivity index (χ1v) is 8.62. The molecule has 0 radical (unpaired) electrons. The first kappa shape index (κ1) is 18.5. The molecule has 3 aromatic carbocycles. The van der Waals surface area contributed by atoms with Crippen molar-refractivity contribution in [3.05, 3.63) is 71.8 Å². The van der Waals surface area contributed by atoms with Crippen molar-refractivity contribution in [2.45, 2.75) is 25.7 Å². The van der Waals surface area contributed by atoms with Gasteiger partial charge < -0.3 is 15.5 Å². The lowest BCUT2D eigenvalue weighted by Crippen LogP contribution is -2.26. The minimum Gasteiger partial charge on any atom is -0.508 e. The maximum Gasteiger partial charge on any atom is 0.337 e. The summed E-state index contributed by atoms with van der Waals surface area (Å²) in [5, 5.41) is 23.4. The molecule has 138 valence electrons. The SMILES string of the molecule is CC(C)(CC(=O)Nc1ccccc1C(=O)O)c1ccc2cc(O)ccc2c1. The first-order chi connectivity index (χ1) is 12.8. The molecule has 0 aliphatic rings. The molecule has 0 bridgehead atoms. The molecule has 0 spiro atoms. The van der Waals surface area contributed by atoms with E-state index in [1.54, 1.807) is 30.3 Å². The summed E-state index contributed by atoms with van der Waals surface area (Å²) in [5.41, 5.74) is 0.894. The van der Waals surface area contributed by atoms with Crippen LogP contribution in [0.15, 0.2) is 60.7 Å². The van der Waals surface area contributed by atoms with Crippen molar-refractivity contribution in [1.29, 1.82) is 0 Å². The van der Waals surface area contributed by atoms with Gasteiger partial charge in [0.15, 0.2) is 0 Å². The van der Waals surface area contributed by atoms with Gasteiger partial charge in [-0.15, -0.1) is 0 Å². The maximum absolute atomic E-state index is 12.5. The van der Waals surface area contributed by atoms with Crippen LogP contribution in [-0.4, -0.2) is 22.1 Å². The number of anilines is 1. The van der Waals surface area contributed by atoms with Gasteiger partial charge in [0.2, 0.25) is 5.91 Å². The van der Waals surface area contributed by atoms with Crippen molar-refractivity contribution in [1.82, 2.24) is 0 Å². The van der Waals surface area contributed by atoms with Crippen molar-refractivity contribution in [3.8, 4) is 5.75 Å². The predicted molar refractivity (Wildman–Crippen MR) is 105 cm³/mol. The lowest BCUT2D eigenvalue weighted by atomic mass is 9.80. The Hall–Kier alpha value is -3.34. The van der Waals surface area contributed by atoms with Gasteiger partial charge in [0, 0.05) is 6.42 Å². The van der Waals surface area contributed by atoms with Crippen molar-refractivity contribution >= 4 is 28.3 Å². The summed E-state index contributed by atoms with van der Waals surface area (Å²) in [6.07, 6.45) is 0.199. The van der Waals surface area contributed by atoms with Crippen molar-refractivity contribution in [2.75, 3.05) is 5.32 Å². The molecule has 0 atom stereocenters. The van der Waals surface area contributed by atoms with Crippen LogP contribution in [0.1, 0.15) is 36.2 Å². The van der Waals surface area contributed by atoms with E-state index in [0.29, 0.717) is 5.69 Å². The monoisotopic (exact) mass is 363 g/mol. The average molecular weight is 363 g/mol. The molecule has 0 heterocycles. The van der Waals surface area contributed by atoms with Crippen molar-refractivity contribution < 1.29 is 19.8 Å².